The molecule has 0 aliphatic rings. The molecule has 0 saturated carbocycles. The minimum atomic E-state index is -1.11. The Morgan fingerprint density at radius 1 is 1.06 bits per heavy atom. The van der Waals surface area contributed by atoms with E-state index < -0.39 is 10.8 Å². The van der Waals surface area contributed by atoms with Crippen LogP contribution in [0.25, 0.3) is 10.8 Å². The maximum Gasteiger partial charge on any atom is 0.135 e. The molecule has 2 aromatic rings. The Bertz CT molecular complexity index is 597. The summed E-state index contributed by atoms with van der Waals surface area (Å²) in [5, 5.41) is 2.09. The van der Waals surface area contributed by atoms with Crippen LogP contribution in [0.2, 0.25) is 0 Å². The minimum absolute atomic E-state index is 0.308. The van der Waals surface area contributed by atoms with E-state index in [2.05, 4.69) is 0 Å². The van der Waals surface area contributed by atoms with Crippen molar-refractivity contribution in [1.29, 1.82) is 0 Å². The smallest absolute Gasteiger partial charge is 0.135 e. The molecule has 0 N–H and O–H groups in total. The first-order valence-corrected chi connectivity index (χ1v) is 7.08. The maximum absolute atomic E-state index is 12.7. The lowest BCUT2D eigenvalue weighted by Gasteiger charge is -2.21. The van der Waals surface area contributed by atoms with Gasteiger partial charge in [-0.15, -0.1) is 0 Å². The van der Waals surface area contributed by atoms with Gasteiger partial charge in [-0.05, 0) is 32.2 Å². The van der Waals surface area contributed by atoms with E-state index in [0.29, 0.717) is 5.75 Å². The summed E-state index contributed by atoms with van der Waals surface area (Å²) in [6.45, 7) is 5.93. The molecule has 2 aromatic carbocycles. The number of fused-ring (bicyclic) bond motifs is 1. The second-order valence-corrected chi connectivity index (χ2v) is 7.37. The number of benzene rings is 2. The second-order valence-electron chi connectivity index (χ2n) is 5.20. The van der Waals surface area contributed by atoms with Gasteiger partial charge in [0.25, 0.3) is 0 Å². The molecule has 0 heterocycles. The third kappa shape index (κ3) is 2.27. The average molecular weight is 262 g/mol. The van der Waals surface area contributed by atoms with Gasteiger partial charge < -0.3 is 4.74 Å². The fourth-order valence-electron chi connectivity index (χ4n) is 1.88. The van der Waals surface area contributed by atoms with Crippen molar-refractivity contribution in [3.63, 3.8) is 0 Å². The number of hydrogen-bond acceptors (Lipinski definition) is 2. The minimum Gasteiger partial charge on any atom is -0.495 e. The topological polar surface area (TPSA) is 26.3 Å². The largest absolute Gasteiger partial charge is 0.495 e. The van der Waals surface area contributed by atoms with Gasteiger partial charge in [0.05, 0.1) is 22.8 Å². The van der Waals surface area contributed by atoms with Crippen LogP contribution < -0.4 is 4.74 Å². The van der Waals surface area contributed by atoms with Crippen molar-refractivity contribution in [3.05, 3.63) is 36.4 Å². The highest BCUT2D eigenvalue weighted by atomic mass is 32.2. The Morgan fingerprint density at radius 3 is 2.33 bits per heavy atom. The quantitative estimate of drug-likeness (QED) is 0.824. The Balaban J connectivity index is 2.77. The van der Waals surface area contributed by atoms with Crippen molar-refractivity contribution in [3.8, 4) is 5.75 Å². The summed E-state index contributed by atoms with van der Waals surface area (Å²) < 4.78 is 17.8. The number of methoxy groups -OCH3 is 1. The lowest BCUT2D eigenvalue weighted by Crippen LogP contribution is -2.22. The van der Waals surface area contributed by atoms with Crippen molar-refractivity contribution in [2.45, 2.75) is 30.4 Å². The molecule has 2 rings (SSSR count). The fraction of sp³-hybridized carbons (Fsp3) is 0.333. The van der Waals surface area contributed by atoms with Crippen LogP contribution in [0.4, 0.5) is 0 Å². The van der Waals surface area contributed by atoms with E-state index in [0.717, 1.165) is 15.7 Å². The first-order valence-electron chi connectivity index (χ1n) is 5.93. The fourth-order valence-corrected chi connectivity index (χ4v) is 3.21. The third-order valence-electron chi connectivity index (χ3n) is 2.80. The molecule has 0 aliphatic carbocycles. The van der Waals surface area contributed by atoms with Crippen molar-refractivity contribution < 1.29 is 8.95 Å². The first kappa shape index (κ1) is 13.1. The van der Waals surface area contributed by atoms with Crippen molar-refractivity contribution >= 4 is 21.6 Å². The monoisotopic (exact) mass is 262 g/mol. The Kier molecular flexibility index (Phi) is 3.44. The van der Waals surface area contributed by atoms with E-state index in [-0.39, 0.29) is 4.75 Å². The molecular formula is C15H18O2S. The standard InChI is InChI=1S/C15H18O2S/c1-15(2,3)18(16)14-12-8-6-5-7-11(12)9-10-13(14)17-4/h5-10H,1-4H3. The number of hydrogen-bond donors (Lipinski definition) is 0. The van der Waals surface area contributed by atoms with Crippen LogP contribution in [0.1, 0.15) is 20.8 Å². The van der Waals surface area contributed by atoms with Gasteiger partial charge in [0.1, 0.15) is 5.75 Å². The molecule has 1 unspecified atom stereocenters. The summed E-state index contributed by atoms with van der Waals surface area (Å²) in [6, 6.07) is 11.9. The van der Waals surface area contributed by atoms with E-state index in [1.165, 1.54) is 0 Å². The van der Waals surface area contributed by atoms with Crippen LogP contribution in [0.3, 0.4) is 0 Å². The highest BCUT2D eigenvalue weighted by Crippen LogP contribution is 2.34. The number of ether oxygens (including phenoxy) is 1. The summed E-state index contributed by atoms with van der Waals surface area (Å²) in [4.78, 5) is 0.795. The van der Waals surface area contributed by atoms with Gasteiger partial charge in [0.2, 0.25) is 0 Å². The van der Waals surface area contributed by atoms with Gasteiger partial charge in [-0.3, -0.25) is 4.21 Å². The molecule has 0 bridgehead atoms. The van der Waals surface area contributed by atoms with Gasteiger partial charge in [-0.2, -0.15) is 0 Å². The SMILES string of the molecule is COc1ccc2ccccc2c1S(=O)C(C)(C)C. The predicted molar refractivity (Wildman–Crippen MR) is 76.7 cm³/mol. The van der Waals surface area contributed by atoms with E-state index in [4.69, 9.17) is 4.74 Å². The molecule has 0 aliphatic heterocycles. The number of rotatable bonds is 2. The molecule has 0 saturated heterocycles. The Labute approximate surface area is 110 Å². The highest BCUT2D eigenvalue weighted by Gasteiger charge is 2.25. The molecule has 2 nitrogen and oxygen atoms in total. The zero-order chi connectivity index (χ0) is 13.3. The molecule has 0 aromatic heterocycles. The molecular weight excluding hydrogens is 244 g/mol. The molecule has 96 valence electrons. The first-order chi connectivity index (χ1) is 8.45. The normalized spacial score (nSPS) is 13.6. The summed E-state index contributed by atoms with van der Waals surface area (Å²) in [6.07, 6.45) is 0. The van der Waals surface area contributed by atoms with E-state index in [1.807, 2.05) is 57.2 Å². The molecule has 3 heteroatoms. The van der Waals surface area contributed by atoms with Gasteiger partial charge in [0.15, 0.2) is 0 Å². The summed E-state index contributed by atoms with van der Waals surface area (Å²) >= 11 is 0. The zero-order valence-electron chi connectivity index (χ0n) is 11.2. The van der Waals surface area contributed by atoms with Crippen LogP contribution in [0, 0.1) is 0 Å². The maximum atomic E-state index is 12.7. The lowest BCUT2D eigenvalue weighted by molar-refractivity contribution is 0.405. The molecule has 0 radical (unpaired) electrons. The molecule has 18 heavy (non-hydrogen) atoms. The summed E-state index contributed by atoms with van der Waals surface area (Å²) in [7, 11) is 0.507. The average Bonchev–Trinajstić information content (AvgIpc) is 2.35. The highest BCUT2D eigenvalue weighted by molar-refractivity contribution is 7.86. The van der Waals surface area contributed by atoms with Crippen LogP contribution in [0.5, 0.6) is 5.75 Å². The van der Waals surface area contributed by atoms with E-state index in [9.17, 15) is 4.21 Å². The van der Waals surface area contributed by atoms with Crippen molar-refractivity contribution in [2.75, 3.05) is 7.11 Å². The molecule has 0 spiro atoms. The lowest BCUT2D eigenvalue weighted by atomic mass is 10.1. The van der Waals surface area contributed by atoms with Gasteiger partial charge in [-0.25, -0.2) is 0 Å². The third-order valence-corrected chi connectivity index (χ3v) is 4.71. The Hall–Kier alpha value is -1.35. The van der Waals surface area contributed by atoms with Crippen LogP contribution in [0.15, 0.2) is 41.3 Å². The molecule has 1 atom stereocenters. The van der Waals surface area contributed by atoms with Crippen molar-refractivity contribution in [1.82, 2.24) is 0 Å². The Morgan fingerprint density at radius 2 is 1.72 bits per heavy atom. The predicted octanol–water partition coefficient (Wildman–Crippen LogP) is 3.75. The van der Waals surface area contributed by atoms with Gasteiger partial charge >= 0.3 is 0 Å². The van der Waals surface area contributed by atoms with Crippen LogP contribution >= 0.6 is 0 Å². The van der Waals surface area contributed by atoms with Crippen molar-refractivity contribution in [2.24, 2.45) is 0 Å². The molecule has 0 fully saturated rings. The van der Waals surface area contributed by atoms with Crippen LogP contribution in [-0.4, -0.2) is 16.1 Å². The summed E-state index contributed by atoms with van der Waals surface area (Å²) in [5.74, 6) is 0.696. The van der Waals surface area contributed by atoms with Gasteiger partial charge in [-0.1, -0.05) is 30.3 Å². The zero-order valence-corrected chi connectivity index (χ0v) is 12.0. The summed E-state index contributed by atoms with van der Waals surface area (Å²) in [5.41, 5.74) is 0. The molecule has 0 amide bonds. The second kappa shape index (κ2) is 4.73. The van der Waals surface area contributed by atoms with E-state index >= 15 is 0 Å². The van der Waals surface area contributed by atoms with Gasteiger partial charge in [0, 0.05) is 10.1 Å². The van der Waals surface area contributed by atoms with Crippen LogP contribution in [-0.2, 0) is 10.8 Å². The van der Waals surface area contributed by atoms with E-state index in [1.54, 1.807) is 7.11 Å².